The maximum atomic E-state index is 12.3. The lowest BCUT2D eigenvalue weighted by Crippen LogP contribution is -2.69. The lowest BCUT2D eigenvalue weighted by atomic mass is 9.95. The average molecular weight is 732 g/mol. The Kier molecular flexibility index (Phi) is 14.4. The molecule has 4 aliphatic rings. The Hall–Kier alpha value is -1.55. The molecule has 1 amide bonds. The summed E-state index contributed by atoms with van der Waals surface area (Å²) in [5, 5.41) is 126. The van der Waals surface area contributed by atoms with E-state index >= 15 is 0 Å². The van der Waals surface area contributed by atoms with Crippen LogP contribution in [0.25, 0.3) is 0 Å². The van der Waals surface area contributed by atoms with Gasteiger partial charge in [0.1, 0.15) is 91.6 Å². The van der Waals surface area contributed by atoms with Crippen LogP contribution in [0.2, 0.25) is 0 Å². The summed E-state index contributed by atoms with van der Waals surface area (Å²) < 4.78 is 40.2. The number of carbonyl (C=O) groups excluding carboxylic acids is 1. The van der Waals surface area contributed by atoms with Crippen LogP contribution in [-0.2, 0) is 38.0 Å². The predicted octanol–water partition coefficient (Wildman–Crippen LogP) is -7.68. The molecule has 4 fully saturated rings. The fourth-order valence-electron chi connectivity index (χ4n) is 6.26. The van der Waals surface area contributed by atoms with Gasteiger partial charge in [0.05, 0.1) is 25.9 Å². The van der Waals surface area contributed by atoms with E-state index in [9.17, 15) is 66.1 Å². The second kappa shape index (κ2) is 17.5. The third-order valence-electron chi connectivity index (χ3n) is 9.21. The van der Waals surface area contributed by atoms with Crippen molar-refractivity contribution in [1.29, 1.82) is 0 Å². The van der Waals surface area contributed by atoms with Gasteiger partial charge in [0, 0.05) is 13.5 Å². The summed E-state index contributed by atoms with van der Waals surface area (Å²) in [6.45, 7) is 3.35. The number of hydrogen-bond acceptors (Lipinski definition) is 20. The number of aliphatic hydroxyl groups is 12. The molecule has 0 aromatic rings. The van der Waals surface area contributed by atoms with E-state index < -0.39 is 148 Å². The Bertz CT molecular complexity index is 1100. The molecule has 0 aliphatic carbocycles. The predicted molar refractivity (Wildman–Crippen MR) is 158 cm³/mol. The molecule has 4 saturated heterocycles. The molecule has 21 heteroatoms. The molecule has 0 aromatic carbocycles. The first-order chi connectivity index (χ1) is 23.6. The highest BCUT2D eigenvalue weighted by Crippen LogP contribution is 2.36. The minimum absolute atomic E-state index is 0.106. The molecule has 0 saturated carbocycles. The van der Waals surface area contributed by atoms with Gasteiger partial charge >= 0.3 is 0 Å². The zero-order valence-electron chi connectivity index (χ0n) is 27.2. The van der Waals surface area contributed by atoms with Crippen molar-refractivity contribution in [2.75, 3.05) is 26.4 Å². The van der Waals surface area contributed by atoms with E-state index in [2.05, 4.69) is 6.58 Å². The fraction of sp³-hybridized carbons (Fsp3) is 0.897. The first kappa shape index (κ1) is 41.2. The smallest absolute Gasteiger partial charge is 0.221 e. The van der Waals surface area contributed by atoms with Gasteiger partial charge in [-0.2, -0.15) is 0 Å². The molecule has 0 radical (unpaired) electrons. The van der Waals surface area contributed by atoms with Crippen molar-refractivity contribution in [3.8, 4) is 0 Å². The standard InChI is InChI=1S/C29H49NO20/c1-4-5-30(10(3)34)26-20(41)19(40)23(13(8-33)45-26)48-29-25(50-27-21(42)17(38)14(35)9(2)44-27)24(16(37)12(7-32)47-29)49-28-22(43)18(39)15(36)11(6-31)46-28/h4,9,11-29,31-33,35-43H,1,5-8H2,2-3H3/t9?,11?,12?,13-,14+,15?,16-,17?,18-,19?,20?,21-,22?,23?,24-,25?,26?,27?,28+,29-/m0/s1. The van der Waals surface area contributed by atoms with Gasteiger partial charge in [0.15, 0.2) is 25.1 Å². The Balaban J connectivity index is 1.70. The number of nitrogens with zero attached hydrogens (tertiary/aromatic N) is 1. The molecule has 290 valence electrons. The molecule has 50 heavy (non-hydrogen) atoms. The van der Waals surface area contributed by atoms with E-state index in [1.807, 2.05) is 0 Å². The Labute approximate surface area is 285 Å². The molecule has 12 N–H and O–H groups in total. The van der Waals surface area contributed by atoms with Gasteiger partial charge < -0.3 is 99.3 Å². The first-order valence-electron chi connectivity index (χ1n) is 16.0. The van der Waals surface area contributed by atoms with E-state index in [0.29, 0.717) is 0 Å². The summed E-state index contributed by atoms with van der Waals surface area (Å²) in [4.78, 5) is 13.3. The topological polar surface area (TPSA) is 328 Å². The summed E-state index contributed by atoms with van der Waals surface area (Å²) in [6, 6.07) is 0. The molecule has 12 unspecified atom stereocenters. The molecular formula is C29H49NO20. The van der Waals surface area contributed by atoms with Gasteiger partial charge in [-0.1, -0.05) is 6.08 Å². The number of aliphatic hydroxyl groups excluding tert-OH is 12. The van der Waals surface area contributed by atoms with Gasteiger partial charge in [-0.25, -0.2) is 0 Å². The van der Waals surface area contributed by atoms with E-state index in [0.717, 1.165) is 4.90 Å². The third kappa shape index (κ3) is 8.31. The van der Waals surface area contributed by atoms with Crippen molar-refractivity contribution in [2.45, 2.75) is 137 Å². The highest BCUT2D eigenvalue weighted by atomic mass is 16.8. The van der Waals surface area contributed by atoms with Gasteiger partial charge in [-0.05, 0) is 6.92 Å². The number of hydrogen-bond donors (Lipinski definition) is 12. The molecule has 4 heterocycles. The maximum absolute atomic E-state index is 12.3. The number of amides is 1. The van der Waals surface area contributed by atoms with Crippen LogP contribution in [0.15, 0.2) is 12.7 Å². The molecule has 0 aromatic heterocycles. The van der Waals surface area contributed by atoms with Crippen LogP contribution in [0.5, 0.6) is 0 Å². The summed E-state index contributed by atoms with van der Waals surface area (Å²) in [5.74, 6) is -0.568. The molecule has 4 rings (SSSR count). The normalized spacial score (nSPS) is 48.6. The van der Waals surface area contributed by atoms with Crippen molar-refractivity contribution in [3.63, 3.8) is 0 Å². The quantitative estimate of drug-likeness (QED) is 0.0829. The average Bonchev–Trinajstić information content (AvgIpc) is 3.09. The second-order valence-corrected chi connectivity index (χ2v) is 12.6. The van der Waals surface area contributed by atoms with Crippen LogP contribution in [0, 0.1) is 0 Å². The summed E-state index contributed by atoms with van der Waals surface area (Å²) in [6.07, 6.45) is -33.6. The maximum Gasteiger partial charge on any atom is 0.221 e. The largest absolute Gasteiger partial charge is 0.394 e. The zero-order valence-corrected chi connectivity index (χ0v) is 27.2. The number of carbonyl (C=O) groups is 1. The monoisotopic (exact) mass is 731 g/mol. The van der Waals surface area contributed by atoms with Crippen molar-refractivity contribution < 1.29 is 99.2 Å². The summed E-state index contributed by atoms with van der Waals surface area (Å²) in [7, 11) is 0. The van der Waals surface area contributed by atoms with E-state index in [1.54, 1.807) is 0 Å². The number of ether oxygens (including phenoxy) is 7. The number of rotatable bonds is 12. The lowest BCUT2D eigenvalue weighted by molar-refractivity contribution is -0.402. The summed E-state index contributed by atoms with van der Waals surface area (Å²) >= 11 is 0. The highest BCUT2D eigenvalue weighted by Gasteiger charge is 2.56. The second-order valence-electron chi connectivity index (χ2n) is 12.6. The molecule has 20 atom stereocenters. The van der Waals surface area contributed by atoms with Gasteiger partial charge in [0.2, 0.25) is 5.91 Å². The van der Waals surface area contributed by atoms with Crippen LogP contribution >= 0.6 is 0 Å². The van der Waals surface area contributed by atoms with Crippen LogP contribution in [0.3, 0.4) is 0 Å². The van der Waals surface area contributed by atoms with Crippen LogP contribution in [-0.4, -0.2) is 221 Å². The van der Waals surface area contributed by atoms with Gasteiger partial charge in [0.25, 0.3) is 0 Å². The molecular weight excluding hydrogens is 682 g/mol. The Morgan fingerprint density at radius 3 is 1.66 bits per heavy atom. The highest BCUT2D eigenvalue weighted by molar-refractivity contribution is 5.73. The van der Waals surface area contributed by atoms with E-state index in [4.69, 9.17) is 33.2 Å². The van der Waals surface area contributed by atoms with Crippen molar-refractivity contribution in [1.82, 2.24) is 4.90 Å². The molecule has 0 bridgehead atoms. The fourth-order valence-corrected chi connectivity index (χ4v) is 6.26. The van der Waals surface area contributed by atoms with Gasteiger partial charge in [-0.15, -0.1) is 6.58 Å². The minimum atomic E-state index is -2.00. The van der Waals surface area contributed by atoms with E-state index in [-0.39, 0.29) is 6.54 Å². The van der Waals surface area contributed by atoms with Crippen molar-refractivity contribution in [3.05, 3.63) is 12.7 Å². The molecule has 21 nitrogen and oxygen atoms in total. The van der Waals surface area contributed by atoms with Gasteiger partial charge in [-0.3, -0.25) is 4.79 Å². The van der Waals surface area contributed by atoms with Crippen molar-refractivity contribution >= 4 is 5.91 Å². The van der Waals surface area contributed by atoms with Crippen LogP contribution in [0.1, 0.15) is 13.8 Å². The summed E-state index contributed by atoms with van der Waals surface area (Å²) in [5.41, 5.74) is 0. The van der Waals surface area contributed by atoms with Crippen LogP contribution in [0.4, 0.5) is 0 Å². The SMILES string of the molecule is C=CCN(C(C)=O)C1O[C@@H](CO)C(O[C@@H]2OC(CO)[C@H](O)[C@H](O[C@H]3OC(CO)C(O)[C@H](O)C3O)C2OC2OC(C)[C@@H](O)C(O)[C@@H]2O)C(O)C1O. The third-order valence-corrected chi connectivity index (χ3v) is 9.21. The van der Waals surface area contributed by atoms with Crippen LogP contribution < -0.4 is 0 Å². The van der Waals surface area contributed by atoms with Crippen molar-refractivity contribution in [2.24, 2.45) is 0 Å². The Morgan fingerprint density at radius 1 is 0.600 bits per heavy atom. The molecule has 0 spiro atoms. The Morgan fingerprint density at radius 2 is 1.10 bits per heavy atom. The molecule has 4 aliphatic heterocycles. The minimum Gasteiger partial charge on any atom is -0.394 e. The zero-order chi connectivity index (χ0) is 37.2. The lowest BCUT2D eigenvalue weighted by Gasteiger charge is -2.51. The first-order valence-corrected chi connectivity index (χ1v) is 16.0. The van der Waals surface area contributed by atoms with E-state index in [1.165, 1.54) is 19.9 Å².